The molecule has 0 atom stereocenters. The molecule has 5 rings (SSSR count). The summed E-state index contributed by atoms with van der Waals surface area (Å²) in [4.78, 5) is 5.49. The minimum atomic E-state index is -0.212. The van der Waals surface area contributed by atoms with Crippen molar-refractivity contribution in [2.75, 3.05) is 13.1 Å². The molecule has 0 spiro atoms. The molecule has 2 aliphatic rings. The molecule has 0 unspecified atom stereocenters. The van der Waals surface area contributed by atoms with Gasteiger partial charge in [-0.3, -0.25) is 4.90 Å². The predicted octanol–water partition coefficient (Wildman–Crippen LogP) is 4.25. The van der Waals surface area contributed by atoms with Crippen molar-refractivity contribution in [1.29, 1.82) is 0 Å². The van der Waals surface area contributed by atoms with Crippen molar-refractivity contribution >= 4 is 16.5 Å². The second-order valence-corrected chi connectivity index (χ2v) is 7.27. The minimum absolute atomic E-state index is 0.212. The van der Waals surface area contributed by atoms with E-state index in [4.69, 9.17) is 4.42 Å². The van der Waals surface area contributed by atoms with E-state index in [0.717, 1.165) is 36.3 Å². The second kappa shape index (κ2) is 6.36. The molecule has 6 heteroatoms. The number of fused-ring (bicyclic) bond motifs is 1. The summed E-state index contributed by atoms with van der Waals surface area (Å²) in [5.74, 6) is 1.79. The van der Waals surface area contributed by atoms with E-state index in [9.17, 15) is 4.39 Å². The van der Waals surface area contributed by atoms with E-state index in [2.05, 4.69) is 26.2 Å². The molecular weight excluding hydrogens is 331 g/mol. The highest BCUT2D eigenvalue weighted by atomic mass is 19.1. The third kappa shape index (κ3) is 2.84. The molecule has 3 aromatic rings. The fourth-order valence-electron chi connectivity index (χ4n) is 3.81. The molecule has 5 nitrogen and oxygen atoms in total. The van der Waals surface area contributed by atoms with Gasteiger partial charge in [0.1, 0.15) is 5.82 Å². The van der Waals surface area contributed by atoms with Crippen molar-refractivity contribution in [3.63, 3.8) is 0 Å². The first-order valence-corrected chi connectivity index (χ1v) is 9.27. The van der Waals surface area contributed by atoms with Crippen molar-refractivity contribution in [2.45, 2.75) is 38.1 Å². The number of halogens is 1. The zero-order chi connectivity index (χ0) is 17.5. The lowest BCUT2D eigenvalue weighted by Crippen LogP contribution is -2.28. The van der Waals surface area contributed by atoms with Crippen molar-refractivity contribution < 1.29 is 8.81 Å². The SMILES string of the molecule is Fc1ccc2c(C3=CCN(Cc4nnc(C5CCC5)o4)CC3)c[nH]c2c1. The summed E-state index contributed by atoms with van der Waals surface area (Å²) in [6.45, 7) is 2.49. The molecule has 2 aromatic heterocycles. The highest BCUT2D eigenvalue weighted by molar-refractivity contribution is 5.92. The number of benzene rings is 1. The van der Waals surface area contributed by atoms with E-state index in [-0.39, 0.29) is 5.82 Å². The number of nitrogens with one attached hydrogen (secondary N) is 1. The van der Waals surface area contributed by atoms with Crippen molar-refractivity contribution in [1.82, 2.24) is 20.1 Å². The molecule has 3 heterocycles. The first-order chi connectivity index (χ1) is 12.8. The summed E-state index contributed by atoms with van der Waals surface area (Å²) >= 11 is 0. The van der Waals surface area contributed by atoms with Gasteiger partial charge in [-0.05, 0) is 43.0 Å². The van der Waals surface area contributed by atoms with Gasteiger partial charge in [-0.15, -0.1) is 10.2 Å². The lowest BCUT2D eigenvalue weighted by Gasteiger charge is -2.25. The first kappa shape index (κ1) is 15.8. The molecule has 0 radical (unpaired) electrons. The van der Waals surface area contributed by atoms with Gasteiger partial charge in [-0.25, -0.2) is 4.39 Å². The molecular formula is C20H21FN4O. The first-order valence-electron chi connectivity index (χ1n) is 9.27. The van der Waals surface area contributed by atoms with Crippen molar-refractivity contribution in [2.24, 2.45) is 0 Å². The Labute approximate surface area is 150 Å². The predicted molar refractivity (Wildman–Crippen MR) is 97.0 cm³/mol. The van der Waals surface area contributed by atoms with Crippen LogP contribution in [0, 0.1) is 5.82 Å². The Morgan fingerprint density at radius 3 is 2.96 bits per heavy atom. The monoisotopic (exact) mass is 352 g/mol. The van der Waals surface area contributed by atoms with Gasteiger partial charge in [0.25, 0.3) is 0 Å². The van der Waals surface area contributed by atoms with Gasteiger partial charge >= 0.3 is 0 Å². The van der Waals surface area contributed by atoms with Crippen molar-refractivity contribution in [3.05, 3.63) is 53.6 Å². The van der Waals surface area contributed by atoms with Crippen LogP contribution in [0.15, 0.2) is 34.9 Å². The van der Waals surface area contributed by atoms with Crippen LogP contribution in [0.2, 0.25) is 0 Å². The Balaban J connectivity index is 1.28. The molecule has 1 aliphatic carbocycles. The van der Waals surface area contributed by atoms with E-state index >= 15 is 0 Å². The Bertz CT molecular complexity index is 969. The topological polar surface area (TPSA) is 58.0 Å². The number of hydrogen-bond donors (Lipinski definition) is 1. The zero-order valence-electron chi connectivity index (χ0n) is 14.5. The van der Waals surface area contributed by atoms with Crippen LogP contribution in [0.5, 0.6) is 0 Å². The lowest BCUT2D eigenvalue weighted by atomic mass is 9.85. The van der Waals surface area contributed by atoms with E-state index < -0.39 is 0 Å². The van der Waals surface area contributed by atoms with Crippen LogP contribution >= 0.6 is 0 Å². The number of rotatable bonds is 4. The van der Waals surface area contributed by atoms with Crippen molar-refractivity contribution in [3.8, 4) is 0 Å². The minimum Gasteiger partial charge on any atom is -0.424 e. The maximum Gasteiger partial charge on any atom is 0.230 e. The second-order valence-electron chi connectivity index (χ2n) is 7.27. The Kier molecular flexibility index (Phi) is 3.85. The van der Waals surface area contributed by atoms with E-state index in [1.807, 2.05) is 12.3 Å². The summed E-state index contributed by atoms with van der Waals surface area (Å²) in [6, 6.07) is 4.92. The van der Waals surface area contributed by atoms with Crippen LogP contribution in [0.25, 0.3) is 16.5 Å². The van der Waals surface area contributed by atoms with Gasteiger partial charge in [0.2, 0.25) is 11.8 Å². The molecule has 0 saturated heterocycles. The van der Waals surface area contributed by atoms with Gasteiger partial charge < -0.3 is 9.40 Å². The third-order valence-electron chi connectivity index (χ3n) is 5.58. The Morgan fingerprint density at radius 2 is 2.19 bits per heavy atom. The fraction of sp³-hybridized carbons (Fsp3) is 0.400. The summed E-state index contributed by atoms with van der Waals surface area (Å²) in [6.07, 6.45) is 8.79. The summed E-state index contributed by atoms with van der Waals surface area (Å²) in [5, 5.41) is 9.50. The lowest BCUT2D eigenvalue weighted by molar-refractivity contribution is 0.249. The number of nitrogens with zero attached hydrogens (tertiary/aromatic N) is 3. The number of H-pyrrole nitrogens is 1. The van der Waals surface area contributed by atoms with E-state index in [0.29, 0.717) is 18.4 Å². The molecule has 0 amide bonds. The van der Waals surface area contributed by atoms with Crippen LogP contribution in [-0.2, 0) is 6.54 Å². The van der Waals surface area contributed by atoms with Gasteiger partial charge in [0.05, 0.1) is 6.54 Å². The maximum absolute atomic E-state index is 13.4. The number of aromatic amines is 1. The van der Waals surface area contributed by atoms with Crippen LogP contribution in [0.4, 0.5) is 4.39 Å². The summed E-state index contributed by atoms with van der Waals surface area (Å²) in [5.41, 5.74) is 3.32. The van der Waals surface area contributed by atoms with Gasteiger partial charge in [-0.1, -0.05) is 12.5 Å². The Morgan fingerprint density at radius 1 is 1.27 bits per heavy atom. The highest BCUT2D eigenvalue weighted by Gasteiger charge is 2.25. The van der Waals surface area contributed by atoms with Crippen LogP contribution in [-0.4, -0.2) is 33.2 Å². The average molecular weight is 352 g/mol. The smallest absolute Gasteiger partial charge is 0.230 e. The largest absolute Gasteiger partial charge is 0.424 e. The van der Waals surface area contributed by atoms with E-state index in [1.54, 1.807) is 6.07 Å². The van der Waals surface area contributed by atoms with E-state index in [1.165, 1.54) is 36.5 Å². The summed E-state index contributed by atoms with van der Waals surface area (Å²) < 4.78 is 19.2. The highest BCUT2D eigenvalue weighted by Crippen LogP contribution is 2.35. The normalized spacial score (nSPS) is 18.9. The molecule has 1 aliphatic heterocycles. The molecule has 1 fully saturated rings. The molecule has 1 aromatic carbocycles. The maximum atomic E-state index is 13.4. The summed E-state index contributed by atoms with van der Waals surface area (Å²) in [7, 11) is 0. The van der Waals surface area contributed by atoms with Gasteiger partial charge in [0, 0.05) is 41.7 Å². The van der Waals surface area contributed by atoms with Crippen LogP contribution < -0.4 is 0 Å². The molecule has 0 bridgehead atoms. The van der Waals surface area contributed by atoms with Crippen LogP contribution in [0.1, 0.15) is 48.9 Å². The number of aromatic nitrogens is 3. The molecule has 134 valence electrons. The molecule has 1 N–H and O–H groups in total. The quantitative estimate of drug-likeness (QED) is 0.763. The number of hydrogen-bond acceptors (Lipinski definition) is 4. The van der Waals surface area contributed by atoms with Crippen LogP contribution in [0.3, 0.4) is 0 Å². The van der Waals surface area contributed by atoms with Gasteiger partial charge in [-0.2, -0.15) is 0 Å². The zero-order valence-corrected chi connectivity index (χ0v) is 14.5. The standard InChI is InChI=1S/C20H21FN4O/c21-15-4-5-16-17(11-22-18(16)10-15)13-6-8-25(9-7-13)12-19-23-24-20(26-19)14-2-1-3-14/h4-6,10-11,14,22H,1-3,7-9,12H2. The third-order valence-corrected chi connectivity index (χ3v) is 5.58. The Hall–Kier alpha value is -2.47. The van der Waals surface area contributed by atoms with Gasteiger partial charge in [0.15, 0.2) is 0 Å². The average Bonchev–Trinajstić information content (AvgIpc) is 3.21. The fourth-order valence-corrected chi connectivity index (χ4v) is 3.81. The molecule has 26 heavy (non-hydrogen) atoms. The molecule has 1 saturated carbocycles.